The van der Waals surface area contributed by atoms with Crippen molar-refractivity contribution in [2.75, 3.05) is 10.7 Å². The Morgan fingerprint density at radius 2 is 2.06 bits per heavy atom. The van der Waals surface area contributed by atoms with E-state index in [1.54, 1.807) is 32.9 Å². The number of ether oxygens (including phenoxy) is 1. The summed E-state index contributed by atoms with van der Waals surface area (Å²) in [6.45, 7) is 5.31. The number of hydrogen-bond donors (Lipinski definition) is 4. The first-order valence-electron chi connectivity index (χ1n) is 5.11. The van der Waals surface area contributed by atoms with Gasteiger partial charge in [-0.2, -0.15) is 0 Å². The molecule has 1 aromatic rings. The standard InChI is InChI=1S/C11H17N3O3/c1-11(2,3)17-10(16)13-7-4-5-8(14-12)9(15)6-7/h4-6,14-15H,12H2,1-3H3,(H,13,16). The number of phenols is 1. The average molecular weight is 239 g/mol. The van der Waals surface area contributed by atoms with E-state index in [1.165, 1.54) is 6.07 Å². The van der Waals surface area contributed by atoms with Gasteiger partial charge in [-0.15, -0.1) is 0 Å². The van der Waals surface area contributed by atoms with Crippen molar-refractivity contribution < 1.29 is 14.6 Å². The summed E-state index contributed by atoms with van der Waals surface area (Å²) >= 11 is 0. The van der Waals surface area contributed by atoms with E-state index in [9.17, 15) is 9.90 Å². The number of nitrogen functional groups attached to an aromatic ring is 1. The zero-order chi connectivity index (χ0) is 13.1. The molecule has 94 valence electrons. The van der Waals surface area contributed by atoms with E-state index < -0.39 is 11.7 Å². The van der Waals surface area contributed by atoms with E-state index in [2.05, 4.69) is 10.7 Å². The molecule has 0 heterocycles. The molecule has 0 saturated heterocycles. The fraction of sp³-hybridized carbons (Fsp3) is 0.364. The van der Waals surface area contributed by atoms with E-state index in [4.69, 9.17) is 10.6 Å². The highest BCUT2D eigenvalue weighted by molar-refractivity contribution is 5.85. The number of nitrogens with one attached hydrogen (secondary N) is 2. The number of phenolic OH excluding ortho intramolecular Hbond substituents is 1. The monoisotopic (exact) mass is 239 g/mol. The van der Waals surface area contributed by atoms with Crippen molar-refractivity contribution in [1.82, 2.24) is 0 Å². The van der Waals surface area contributed by atoms with Crippen molar-refractivity contribution in [3.8, 4) is 5.75 Å². The minimum atomic E-state index is -0.578. The number of hydrogen-bond acceptors (Lipinski definition) is 5. The van der Waals surface area contributed by atoms with Gasteiger partial charge in [0.2, 0.25) is 0 Å². The van der Waals surface area contributed by atoms with E-state index >= 15 is 0 Å². The van der Waals surface area contributed by atoms with Gasteiger partial charge in [0.1, 0.15) is 11.4 Å². The van der Waals surface area contributed by atoms with Gasteiger partial charge in [-0.3, -0.25) is 11.2 Å². The number of carbonyl (C=O) groups is 1. The first kappa shape index (κ1) is 13.1. The highest BCUT2D eigenvalue weighted by atomic mass is 16.6. The van der Waals surface area contributed by atoms with Crippen molar-refractivity contribution in [2.45, 2.75) is 26.4 Å². The van der Waals surface area contributed by atoms with Crippen LogP contribution in [0.2, 0.25) is 0 Å². The molecule has 0 unspecified atom stereocenters. The molecule has 0 atom stereocenters. The molecule has 0 aromatic heterocycles. The summed E-state index contributed by atoms with van der Waals surface area (Å²) in [5, 5.41) is 12.0. The second kappa shape index (κ2) is 4.92. The van der Waals surface area contributed by atoms with Crippen LogP contribution in [-0.4, -0.2) is 16.8 Å². The van der Waals surface area contributed by atoms with Gasteiger partial charge in [-0.05, 0) is 32.9 Å². The summed E-state index contributed by atoms with van der Waals surface area (Å²) < 4.78 is 5.07. The number of anilines is 2. The highest BCUT2D eigenvalue weighted by Gasteiger charge is 2.16. The Labute approximate surface area is 99.7 Å². The second-order valence-electron chi connectivity index (χ2n) is 4.50. The minimum Gasteiger partial charge on any atom is -0.506 e. The maximum absolute atomic E-state index is 11.4. The molecular formula is C11H17N3O3. The van der Waals surface area contributed by atoms with Crippen LogP contribution in [0.5, 0.6) is 5.75 Å². The van der Waals surface area contributed by atoms with Gasteiger partial charge in [0.15, 0.2) is 0 Å². The molecule has 1 rings (SSSR count). The molecule has 0 aliphatic carbocycles. The predicted molar refractivity (Wildman–Crippen MR) is 65.8 cm³/mol. The van der Waals surface area contributed by atoms with Crippen LogP contribution >= 0.6 is 0 Å². The quantitative estimate of drug-likeness (QED) is 0.359. The van der Waals surface area contributed by atoms with Gasteiger partial charge in [0.05, 0.1) is 5.69 Å². The molecule has 5 N–H and O–H groups in total. The van der Waals surface area contributed by atoms with Gasteiger partial charge in [-0.25, -0.2) is 4.79 Å². The van der Waals surface area contributed by atoms with Crippen molar-refractivity contribution in [3.05, 3.63) is 18.2 Å². The van der Waals surface area contributed by atoms with Gasteiger partial charge >= 0.3 is 6.09 Å². The molecule has 0 fully saturated rings. The van der Waals surface area contributed by atoms with Crippen molar-refractivity contribution in [2.24, 2.45) is 5.84 Å². The average Bonchev–Trinajstić information content (AvgIpc) is 2.14. The third kappa shape index (κ3) is 4.20. The lowest BCUT2D eigenvalue weighted by Crippen LogP contribution is -2.27. The highest BCUT2D eigenvalue weighted by Crippen LogP contribution is 2.26. The first-order valence-corrected chi connectivity index (χ1v) is 5.11. The van der Waals surface area contributed by atoms with E-state index in [1.807, 2.05) is 0 Å². The molecule has 6 heteroatoms. The third-order valence-electron chi connectivity index (χ3n) is 1.80. The molecule has 0 saturated carbocycles. The van der Waals surface area contributed by atoms with Crippen LogP contribution in [-0.2, 0) is 4.74 Å². The predicted octanol–water partition coefficient (Wildman–Crippen LogP) is 2.02. The Hall–Kier alpha value is -1.95. The summed E-state index contributed by atoms with van der Waals surface area (Å²) in [6.07, 6.45) is -0.578. The summed E-state index contributed by atoms with van der Waals surface area (Å²) in [4.78, 5) is 11.4. The summed E-state index contributed by atoms with van der Waals surface area (Å²) in [5.74, 6) is 5.11. The maximum Gasteiger partial charge on any atom is 0.412 e. The Kier molecular flexibility index (Phi) is 3.80. The molecule has 1 aromatic carbocycles. The van der Waals surface area contributed by atoms with Crippen LogP contribution in [0.1, 0.15) is 20.8 Å². The molecular weight excluding hydrogens is 222 g/mol. The Morgan fingerprint density at radius 1 is 1.41 bits per heavy atom. The van der Waals surface area contributed by atoms with Crippen LogP contribution < -0.4 is 16.6 Å². The molecule has 0 radical (unpaired) electrons. The van der Waals surface area contributed by atoms with Crippen LogP contribution in [0, 0.1) is 0 Å². The van der Waals surface area contributed by atoms with Gasteiger partial charge in [0.25, 0.3) is 0 Å². The molecule has 1 amide bonds. The number of carbonyl (C=O) groups excluding carboxylic acids is 1. The zero-order valence-electron chi connectivity index (χ0n) is 10.1. The van der Waals surface area contributed by atoms with E-state index in [0.717, 1.165) is 0 Å². The van der Waals surface area contributed by atoms with E-state index in [0.29, 0.717) is 11.4 Å². The number of amides is 1. The SMILES string of the molecule is CC(C)(C)OC(=O)Nc1ccc(NN)c(O)c1. The fourth-order valence-corrected chi connectivity index (χ4v) is 1.15. The molecule has 17 heavy (non-hydrogen) atoms. The molecule has 6 nitrogen and oxygen atoms in total. The van der Waals surface area contributed by atoms with E-state index in [-0.39, 0.29) is 5.75 Å². The Bertz CT molecular complexity index is 413. The maximum atomic E-state index is 11.4. The normalized spacial score (nSPS) is 10.8. The fourth-order valence-electron chi connectivity index (χ4n) is 1.15. The van der Waals surface area contributed by atoms with Gasteiger partial charge in [0, 0.05) is 11.8 Å². The summed E-state index contributed by atoms with van der Waals surface area (Å²) in [7, 11) is 0. The number of benzene rings is 1. The minimum absolute atomic E-state index is 0.0546. The Balaban J connectivity index is 2.69. The molecule has 0 bridgehead atoms. The molecule has 0 spiro atoms. The molecule has 0 aliphatic heterocycles. The van der Waals surface area contributed by atoms with Gasteiger partial charge in [-0.1, -0.05) is 0 Å². The first-order chi connectivity index (χ1) is 7.81. The number of nitrogens with two attached hydrogens (primary N) is 1. The third-order valence-corrected chi connectivity index (χ3v) is 1.80. The summed E-state index contributed by atoms with van der Waals surface area (Å²) in [5.41, 5.74) is 2.56. The Morgan fingerprint density at radius 3 is 2.53 bits per heavy atom. The van der Waals surface area contributed by atoms with Crippen molar-refractivity contribution in [1.29, 1.82) is 0 Å². The lowest BCUT2D eigenvalue weighted by Gasteiger charge is -2.19. The number of aromatic hydroxyl groups is 1. The number of rotatable bonds is 2. The topological polar surface area (TPSA) is 96.6 Å². The largest absolute Gasteiger partial charge is 0.506 e. The van der Waals surface area contributed by atoms with Crippen LogP contribution in [0.3, 0.4) is 0 Å². The summed E-state index contributed by atoms with van der Waals surface area (Å²) in [6, 6.07) is 4.51. The smallest absolute Gasteiger partial charge is 0.412 e. The van der Waals surface area contributed by atoms with Crippen LogP contribution in [0.4, 0.5) is 16.2 Å². The zero-order valence-corrected chi connectivity index (χ0v) is 10.1. The molecule has 0 aliphatic rings. The van der Waals surface area contributed by atoms with Crippen LogP contribution in [0.15, 0.2) is 18.2 Å². The second-order valence-corrected chi connectivity index (χ2v) is 4.50. The van der Waals surface area contributed by atoms with Gasteiger partial charge < -0.3 is 15.3 Å². The lowest BCUT2D eigenvalue weighted by molar-refractivity contribution is 0.0636. The van der Waals surface area contributed by atoms with Crippen molar-refractivity contribution in [3.63, 3.8) is 0 Å². The number of hydrazine groups is 1. The van der Waals surface area contributed by atoms with Crippen molar-refractivity contribution >= 4 is 17.5 Å². The lowest BCUT2D eigenvalue weighted by atomic mass is 10.2. The van der Waals surface area contributed by atoms with Crippen LogP contribution in [0.25, 0.3) is 0 Å².